The molecule has 3 amide bonds. The summed E-state index contributed by atoms with van der Waals surface area (Å²) >= 11 is 0. The molecular weight excluding hydrogens is 272 g/mol. The van der Waals surface area contributed by atoms with Gasteiger partial charge >= 0.3 is 6.03 Å². The fraction of sp³-hybridized carbons (Fsp3) is 0.462. The maximum Gasteiger partial charge on any atom is 0.316 e. The number of nitrogens with two attached hydrogens (primary N) is 1. The molecule has 1 heterocycles. The second-order valence-electron chi connectivity index (χ2n) is 4.61. The zero-order valence-electron chi connectivity index (χ0n) is 12.6. The van der Waals surface area contributed by atoms with E-state index in [2.05, 4.69) is 21.0 Å². The van der Waals surface area contributed by atoms with E-state index < -0.39 is 0 Å². The zero-order valence-corrected chi connectivity index (χ0v) is 12.6. The first-order valence-electron chi connectivity index (χ1n) is 6.68. The van der Waals surface area contributed by atoms with Crippen molar-refractivity contribution in [3.05, 3.63) is 23.4 Å². The van der Waals surface area contributed by atoms with Crippen LogP contribution in [0.4, 0.5) is 10.6 Å². The molecule has 8 heteroatoms. The monoisotopic (exact) mass is 294 g/mol. The molecule has 0 atom stereocenters. The Balaban J connectivity index is 2.54. The summed E-state index contributed by atoms with van der Waals surface area (Å²) in [5.41, 5.74) is 3.69. The highest BCUT2D eigenvalue weighted by atomic mass is 16.2. The van der Waals surface area contributed by atoms with Crippen molar-refractivity contribution in [2.45, 2.75) is 13.3 Å². The molecule has 0 aliphatic rings. The summed E-state index contributed by atoms with van der Waals surface area (Å²) in [4.78, 5) is 29.0. The van der Waals surface area contributed by atoms with Crippen LogP contribution in [0, 0.1) is 0 Å². The standard InChI is InChI=1S/C13H22N6O2/c1-4-10-7-9(8-11(17-10)18-14)12(20)15-5-6-16-13(21)19(2)3/h7-8H,4-6,14H2,1-3H3,(H,15,20)(H,16,21)(H,17,18). The summed E-state index contributed by atoms with van der Waals surface area (Å²) in [7, 11) is 3.30. The minimum Gasteiger partial charge on any atom is -0.350 e. The molecule has 8 nitrogen and oxygen atoms in total. The molecule has 0 saturated heterocycles. The first kappa shape index (κ1) is 16.7. The molecule has 116 valence electrons. The van der Waals surface area contributed by atoms with E-state index in [4.69, 9.17) is 5.84 Å². The molecule has 1 rings (SSSR count). The lowest BCUT2D eigenvalue weighted by Crippen LogP contribution is -2.39. The van der Waals surface area contributed by atoms with E-state index >= 15 is 0 Å². The summed E-state index contributed by atoms with van der Waals surface area (Å²) in [5, 5.41) is 5.39. The van der Waals surface area contributed by atoms with Gasteiger partial charge in [0.15, 0.2) is 0 Å². The SMILES string of the molecule is CCc1cc(C(=O)NCCNC(=O)N(C)C)cc(NN)n1. The van der Waals surface area contributed by atoms with Crippen molar-refractivity contribution in [2.75, 3.05) is 32.6 Å². The second-order valence-corrected chi connectivity index (χ2v) is 4.61. The number of carbonyl (C=O) groups is 2. The number of urea groups is 1. The predicted molar refractivity (Wildman–Crippen MR) is 80.8 cm³/mol. The maximum absolute atomic E-state index is 12.0. The average Bonchev–Trinajstić information content (AvgIpc) is 2.50. The quantitative estimate of drug-likeness (QED) is 0.333. The first-order valence-corrected chi connectivity index (χ1v) is 6.68. The Morgan fingerprint density at radius 1 is 1.24 bits per heavy atom. The number of hydrazine groups is 1. The molecule has 1 aromatic rings. The van der Waals surface area contributed by atoms with Crippen LogP contribution in [0.1, 0.15) is 23.0 Å². The van der Waals surface area contributed by atoms with Crippen molar-refractivity contribution in [1.29, 1.82) is 0 Å². The Morgan fingerprint density at radius 2 is 1.90 bits per heavy atom. The van der Waals surface area contributed by atoms with Crippen molar-refractivity contribution >= 4 is 17.8 Å². The first-order chi connectivity index (χ1) is 9.97. The number of rotatable bonds is 6. The van der Waals surface area contributed by atoms with E-state index in [0.29, 0.717) is 30.9 Å². The fourth-order valence-electron chi connectivity index (χ4n) is 1.58. The highest BCUT2D eigenvalue weighted by Gasteiger charge is 2.09. The third-order valence-electron chi connectivity index (χ3n) is 2.74. The minimum atomic E-state index is -0.234. The summed E-state index contributed by atoms with van der Waals surface area (Å²) in [5.74, 6) is 5.54. The van der Waals surface area contributed by atoms with Gasteiger partial charge in [0.25, 0.3) is 5.91 Å². The van der Waals surface area contributed by atoms with Crippen LogP contribution in [0.15, 0.2) is 12.1 Å². The number of anilines is 1. The number of pyridine rings is 1. The van der Waals surface area contributed by atoms with Crippen LogP contribution in [-0.4, -0.2) is 49.0 Å². The van der Waals surface area contributed by atoms with E-state index in [1.165, 1.54) is 4.90 Å². The number of hydrogen-bond donors (Lipinski definition) is 4. The maximum atomic E-state index is 12.0. The van der Waals surface area contributed by atoms with Crippen molar-refractivity contribution in [1.82, 2.24) is 20.5 Å². The van der Waals surface area contributed by atoms with Crippen molar-refractivity contribution in [3.63, 3.8) is 0 Å². The Kier molecular flexibility index (Phi) is 6.41. The number of nitrogens with zero attached hydrogens (tertiary/aromatic N) is 2. The van der Waals surface area contributed by atoms with Crippen LogP contribution < -0.4 is 21.9 Å². The van der Waals surface area contributed by atoms with E-state index in [9.17, 15) is 9.59 Å². The molecule has 0 spiro atoms. The minimum absolute atomic E-state index is 0.198. The number of nitrogens with one attached hydrogen (secondary N) is 3. The summed E-state index contributed by atoms with van der Waals surface area (Å²) in [6, 6.07) is 3.10. The van der Waals surface area contributed by atoms with Gasteiger partial charge in [-0.1, -0.05) is 6.92 Å². The summed E-state index contributed by atoms with van der Waals surface area (Å²) < 4.78 is 0. The van der Waals surface area contributed by atoms with E-state index in [-0.39, 0.29) is 11.9 Å². The number of hydrogen-bond acceptors (Lipinski definition) is 5. The molecule has 1 aromatic heterocycles. The number of aryl methyl sites for hydroxylation is 1. The lowest BCUT2D eigenvalue weighted by molar-refractivity contribution is 0.0953. The molecule has 21 heavy (non-hydrogen) atoms. The Labute approximate surface area is 124 Å². The second kappa shape index (κ2) is 8.05. The number of amides is 3. The zero-order chi connectivity index (χ0) is 15.8. The molecule has 5 N–H and O–H groups in total. The molecule has 0 saturated carbocycles. The van der Waals surface area contributed by atoms with Crippen LogP contribution >= 0.6 is 0 Å². The van der Waals surface area contributed by atoms with Gasteiger partial charge in [-0.05, 0) is 18.6 Å². The van der Waals surface area contributed by atoms with Crippen molar-refractivity contribution in [3.8, 4) is 0 Å². The van der Waals surface area contributed by atoms with Gasteiger partial charge in [-0.15, -0.1) is 0 Å². The summed E-state index contributed by atoms with van der Waals surface area (Å²) in [6.07, 6.45) is 0.703. The van der Waals surface area contributed by atoms with Gasteiger partial charge in [0, 0.05) is 38.4 Å². The predicted octanol–water partition coefficient (Wildman–Crippen LogP) is -0.0694. The Hall–Kier alpha value is -2.35. The van der Waals surface area contributed by atoms with Gasteiger partial charge in [0.05, 0.1) is 0 Å². The van der Waals surface area contributed by atoms with Crippen LogP contribution in [0.25, 0.3) is 0 Å². The van der Waals surface area contributed by atoms with E-state index in [0.717, 1.165) is 5.69 Å². The van der Waals surface area contributed by atoms with Crippen molar-refractivity contribution < 1.29 is 9.59 Å². The van der Waals surface area contributed by atoms with Crippen molar-refractivity contribution in [2.24, 2.45) is 5.84 Å². The molecule has 0 bridgehead atoms. The summed E-state index contributed by atoms with van der Waals surface area (Å²) in [6.45, 7) is 2.64. The molecule has 0 aromatic carbocycles. The molecule has 0 unspecified atom stereocenters. The van der Waals surface area contributed by atoms with Gasteiger partial charge < -0.3 is 21.0 Å². The van der Waals surface area contributed by atoms with Gasteiger partial charge in [-0.2, -0.15) is 0 Å². The third kappa shape index (κ3) is 5.27. The van der Waals surface area contributed by atoms with Crippen LogP contribution in [0.3, 0.4) is 0 Å². The normalized spacial score (nSPS) is 9.90. The lowest BCUT2D eigenvalue weighted by Gasteiger charge is -2.12. The van der Waals surface area contributed by atoms with E-state index in [1.54, 1.807) is 26.2 Å². The lowest BCUT2D eigenvalue weighted by atomic mass is 10.2. The van der Waals surface area contributed by atoms with Crippen LogP contribution in [-0.2, 0) is 6.42 Å². The number of aromatic nitrogens is 1. The number of nitrogen functional groups attached to an aromatic ring is 1. The topological polar surface area (TPSA) is 112 Å². The van der Waals surface area contributed by atoms with Gasteiger partial charge in [0.2, 0.25) is 0 Å². The highest BCUT2D eigenvalue weighted by Crippen LogP contribution is 2.10. The Bertz CT molecular complexity index is 481. The van der Waals surface area contributed by atoms with Gasteiger partial charge in [-0.25, -0.2) is 15.6 Å². The largest absolute Gasteiger partial charge is 0.350 e. The molecule has 0 aliphatic carbocycles. The average molecular weight is 294 g/mol. The molecular formula is C13H22N6O2. The van der Waals surface area contributed by atoms with E-state index in [1.807, 2.05) is 6.92 Å². The highest BCUT2D eigenvalue weighted by molar-refractivity contribution is 5.95. The third-order valence-corrected chi connectivity index (χ3v) is 2.74. The fourth-order valence-corrected chi connectivity index (χ4v) is 1.58. The molecule has 0 fully saturated rings. The Morgan fingerprint density at radius 3 is 2.48 bits per heavy atom. The smallest absolute Gasteiger partial charge is 0.316 e. The van der Waals surface area contributed by atoms with Crippen LogP contribution in [0.2, 0.25) is 0 Å². The van der Waals surface area contributed by atoms with Gasteiger partial charge in [0.1, 0.15) is 5.82 Å². The van der Waals surface area contributed by atoms with Gasteiger partial charge in [-0.3, -0.25) is 4.79 Å². The molecule has 0 radical (unpaired) electrons. The van der Waals surface area contributed by atoms with Crippen LogP contribution in [0.5, 0.6) is 0 Å². The molecule has 0 aliphatic heterocycles. The number of carbonyl (C=O) groups excluding carboxylic acids is 2.